The number of rotatable bonds is 9. The lowest BCUT2D eigenvalue weighted by Gasteiger charge is -2.27. The van der Waals surface area contributed by atoms with Gasteiger partial charge in [0.2, 0.25) is 5.91 Å². The molecule has 3 aromatic carbocycles. The molecule has 3 aromatic rings. The molecule has 224 valence electrons. The number of benzene rings is 3. The van der Waals surface area contributed by atoms with Gasteiger partial charge in [0.25, 0.3) is 11.8 Å². The summed E-state index contributed by atoms with van der Waals surface area (Å²) in [6.45, 7) is 2.27. The summed E-state index contributed by atoms with van der Waals surface area (Å²) in [5, 5.41) is 14.9. The van der Waals surface area contributed by atoms with E-state index in [0.29, 0.717) is 49.5 Å². The SMILES string of the molecule is O=C(O)CC(NC(=O)c1ccc(N2CCCN(C(=O)C3CC3)CC2)c(NC(=O)c2cccc(F)c2)c1)c1ccc(F)cc1. The molecule has 1 unspecified atom stereocenters. The molecule has 43 heavy (non-hydrogen) atoms. The van der Waals surface area contributed by atoms with Gasteiger partial charge in [-0.05, 0) is 73.4 Å². The van der Waals surface area contributed by atoms with E-state index in [1.54, 1.807) is 12.1 Å². The normalized spacial score (nSPS) is 15.8. The topological polar surface area (TPSA) is 119 Å². The van der Waals surface area contributed by atoms with Crippen molar-refractivity contribution >= 4 is 35.1 Å². The molecule has 3 N–H and O–H groups in total. The molecule has 1 atom stereocenters. The maximum absolute atomic E-state index is 13.9. The van der Waals surface area contributed by atoms with Crippen LogP contribution in [0.4, 0.5) is 20.2 Å². The number of carbonyl (C=O) groups is 4. The minimum atomic E-state index is -1.15. The molecule has 1 aliphatic carbocycles. The van der Waals surface area contributed by atoms with Gasteiger partial charge in [0, 0.05) is 43.2 Å². The number of anilines is 2. The van der Waals surface area contributed by atoms with Crippen LogP contribution in [0.1, 0.15) is 58.0 Å². The standard InChI is InChI=1S/C32H32F2N4O5/c33-24-10-7-20(8-11-24)26(19-29(39)40)35-31(42)23-9-12-28(27(18-23)36-30(41)22-3-1-4-25(34)17-22)37-13-2-14-38(16-15-37)32(43)21-5-6-21/h1,3-4,7-12,17-18,21,26H,2,5-6,13-16,19H2,(H,35,42)(H,36,41)(H,39,40). The van der Waals surface area contributed by atoms with Crippen LogP contribution in [0.2, 0.25) is 0 Å². The lowest BCUT2D eigenvalue weighted by atomic mass is 10.0. The molecule has 2 aliphatic rings. The van der Waals surface area contributed by atoms with Crippen molar-refractivity contribution in [3.8, 4) is 0 Å². The van der Waals surface area contributed by atoms with Crippen LogP contribution in [0.25, 0.3) is 0 Å². The van der Waals surface area contributed by atoms with Crippen molar-refractivity contribution in [1.29, 1.82) is 0 Å². The summed E-state index contributed by atoms with van der Waals surface area (Å²) in [7, 11) is 0. The van der Waals surface area contributed by atoms with Gasteiger partial charge in [-0.3, -0.25) is 19.2 Å². The molecule has 0 bridgehead atoms. The fourth-order valence-electron chi connectivity index (χ4n) is 5.21. The fraction of sp³-hybridized carbons (Fsp3) is 0.312. The zero-order valence-corrected chi connectivity index (χ0v) is 23.4. The summed E-state index contributed by atoms with van der Waals surface area (Å²) in [4.78, 5) is 54.6. The lowest BCUT2D eigenvalue weighted by Crippen LogP contribution is -2.36. The Morgan fingerprint density at radius 2 is 1.58 bits per heavy atom. The minimum Gasteiger partial charge on any atom is -0.481 e. The van der Waals surface area contributed by atoms with Gasteiger partial charge in [0.1, 0.15) is 11.6 Å². The molecule has 11 heteroatoms. The van der Waals surface area contributed by atoms with E-state index < -0.39 is 41.9 Å². The van der Waals surface area contributed by atoms with Gasteiger partial charge in [0.05, 0.1) is 23.8 Å². The highest BCUT2D eigenvalue weighted by Gasteiger charge is 2.34. The molecular formula is C32H32F2N4O5. The van der Waals surface area contributed by atoms with Gasteiger partial charge in [-0.15, -0.1) is 0 Å². The van der Waals surface area contributed by atoms with Crippen LogP contribution < -0.4 is 15.5 Å². The Hall–Kier alpha value is -4.80. The molecule has 9 nitrogen and oxygen atoms in total. The Balaban J connectivity index is 1.41. The van der Waals surface area contributed by atoms with Crippen LogP contribution >= 0.6 is 0 Å². The average molecular weight is 591 g/mol. The molecule has 0 radical (unpaired) electrons. The Labute approximate surface area is 247 Å². The second-order valence-corrected chi connectivity index (χ2v) is 10.8. The third-order valence-electron chi connectivity index (χ3n) is 7.63. The van der Waals surface area contributed by atoms with Crippen LogP contribution in [-0.4, -0.2) is 59.9 Å². The molecule has 1 saturated carbocycles. The van der Waals surface area contributed by atoms with E-state index in [0.717, 1.165) is 18.9 Å². The molecule has 5 rings (SSSR count). The van der Waals surface area contributed by atoms with Crippen molar-refractivity contribution in [2.75, 3.05) is 36.4 Å². The monoisotopic (exact) mass is 590 g/mol. The molecule has 0 spiro atoms. The average Bonchev–Trinajstić information content (AvgIpc) is 3.84. The zero-order valence-electron chi connectivity index (χ0n) is 23.4. The number of hydrogen-bond donors (Lipinski definition) is 3. The second kappa shape index (κ2) is 13.0. The van der Waals surface area contributed by atoms with Crippen molar-refractivity contribution in [3.05, 3.63) is 95.1 Å². The summed E-state index contributed by atoms with van der Waals surface area (Å²) in [6, 6.07) is 14.2. The summed E-state index contributed by atoms with van der Waals surface area (Å²) >= 11 is 0. The van der Waals surface area contributed by atoms with E-state index in [1.165, 1.54) is 48.5 Å². The van der Waals surface area contributed by atoms with E-state index in [2.05, 4.69) is 10.6 Å². The largest absolute Gasteiger partial charge is 0.481 e. The maximum Gasteiger partial charge on any atom is 0.305 e. The highest BCUT2D eigenvalue weighted by Crippen LogP contribution is 2.33. The third-order valence-corrected chi connectivity index (χ3v) is 7.63. The fourth-order valence-corrected chi connectivity index (χ4v) is 5.21. The van der Waals surface area contributed by atoms with Gasteiger partial charge < -0.3 is 25.5 Å². The van der Waals surface area contributed by atoms with E-state index in [-0.39, 0.29) is 23.0 Å². The summed E-state index contributed by atoms with van der Waals surface area (Å²) < 4.78 is 27.3. The van der Waals surface area contributed by atoms with E-state index in [1.807, 2.05) is 9.80 Å². The number of carbonyl (C=O) groups excluding carboxylic acids is 3. The number of halogens is 2. The van der Waals surface area contributed by atoms with Crippen molar-refractivity contribution < 1.29 is 33.1 Å². The van der Waals surface area contributed by atoms with Gasteiger partial charge >= 0.3 is 5.97 Å². The third kappa shape index (κ3) is 7.54. The second-order valence-electron chi connectivity index (χ2n) is 10.8. The first kappa shape index (κ1) is 29.7. The first-order chi connectivity index (χ1) is 20.7. The van der Waals surface area contributed by atoms with Crippen LogP contribution in [-0.2, 0) is 9.59 Å². The highest BCUT2D eigenvalue weighted by atomic mass is 19.1. The molecule has 0 aromatic heterocycles. The zero-order chi connectivity index (χ0) is 30.5. The Kier molecular flexibility index (Phi) is 8.98. The highest BCUT2D eigenvalue weighted by molar-refractivity contribution is 6.07. The quantitative estimate of drug-likeness (QED) is 0.335. The van der Waals surface area contributed by atoms with Crippen LogP contribution in [0.3, 0.4) is 0 Å². The Morgan fingerprint density at radius 1 is 0.837 bits per heavy atom. The summed E-state index contributed by atoms with van der Waals surface area (Å²) in [5.74, 6) is -3.10. The van der Waals surface area contributed by atoms with Crippen molar-refractivity contribution in [2.45, 2.75) is 31.7 Å². The Bertz CT molecular complexity index is 1530. The molecule has 3 amide bonds. The number of hydrogen-bond acceptors (Lipinski definition) is 5. The number of nitrogens with one attached hydrogen (secondary N) is 2. The first-order valence-electron chi connectivity index (χ1n) is 14.2. The van der Waals surface area contributed by atoms with Crippen LogP contribution in [0.15, 0.2) is 66.7 Å². The smallest absolute Gasteiger partial charge is 0.305 e. The summed E-state index contributed by atoms with van der Waals surface area (Å²) in [6.07, 6.45) is 2.13. The number of aliphatic carboxylic acids is 1. The van der Waals surface area contributed by atoms with E-state index in [9.17, 15) is 33.1 Å². The van der Waals surface area contributed by atoms with Crippen molar-refractivity contribution in [1.82, 2.24) is 10.2 Å². The van der Waals surface area contributed by atoms with Crippen molar-refractivity contribution in [2.24, 2.45) is 5.92 Å². The van der Waals surface area contributed by atoms with Crippen LogP contribution in [0, 0.1) is 17.6 Å². The predicted molar refractivity (Wildman–Crippen MR) is 156 cm³/mol. The van der Waals surface area contributed by atoms with Gasteiger partial charge in [-0.25, -0.2) is 8.78 Å². The van der Waals surface area contributed by atoms with Gasteiger partial charge in [-0.1, -0.05) is 18.2 Å². The number of carboxylic acids is 1. The van der Waals surface area contributed by atoms with Gasteiger partial charge in [0.15, 0.2) is 0 Å². The number of amides is 3. The molecular weight excluding hydrogens is 558 g/mol. The lowest BCUT2D eigenvalue weighted by molar-refractivity contribution is -0.137. The maximum atomic E-state index is 13.9. The minimum absolute atomic E-state index is 0.0932. The van der Waals surface area contributed by atoms with Gasteiger partial charge in [-0.2, -0.15) is 0 Å². The molecule has 1 heterocycles. The summed E-state index contributed by atoms with van der Waals surface area (Å²) in [5.41, 5.74) is 1.60. The Morgan fingerprint density at radius 3 is 2.28 bits per heavy atom. The van der Waals surface area contributed by atoms with Crippen LogP contribution in [0.5, 0.6) is 0 Å². The molecule has 1 aliphatic heterocycles. The molecule has 1 saturated heterocycles. The van der Waals surface area contributed by atoms with E-state index >= 15 is 0 Å². The molecule has 2 fully saturated rings. The van der Waals surface area contributed by atoms with E-state index in [4.69, 9.17) is 0 Å². The first-order valence-corrected chi connectivity index (χ1v) is 14.2. The predicted octanol–water partition coefficient (Wildman–Crippen LogP) is 4.61. The number of carboxylic acid groups (broad SMARTS) is 1. The van der Waals surface area contributed by atoms with Crippen molar-refractivity contribution in [3.63, 3.8) is 0 Å². The number of nitrogens with zero attached hydrogens (tertiary/aromatic N) is 2.